The lowest BCUT2D eigenvalue weighted by Gasteiger charge is -2.12. The van der Waals surface area contributed by atoms with Gasteiger partial charge in [0.1, 0.15) is 11.6 Å². The summed E-state index contributed by atoms with van der Waals surface area (Å²) in [4.78, 5) is 11.8. The first-order chi connectivity index (χ1) is 11.0. The Labute approximate surface area is 135 Å². The molecule has 0 spiro atoms. The van der Waals surface area contributed by atoms with Gasteiger partial charge in [0.15, 0.2) is 0 Å². The zero-order chi connectivity index (χ0) is 16.8. The predicted octanol–water partition coefficient (Wildman–Crippen LogP) is 4.13. The van der Waals surface area contributed by atoms with Crippen molar-refractivity contribution in [2.24, 2.45) is 0 Å². The number of para-hydroxylation sites is 2. The van der Waals surface area contributed by atoms with E-state index in [1.807, 2.05) is 0 Å². The molecule has 23 heavy (non-hydrogen) atoms. The zero-order valence-electron chi connectivity index (χ0n) is 11.7. The minimum absolute atomic E-state index is 0.0681. The molecule has 0 aliphatic heterocycles. The van der Waals surface area contributed by atoms with Crippen LogP contribution >= 0.6 is 11.6 Å². The molecule has 122 valence electrons. The van der Waals surface area contributed by atoms with Crippen LogP contribution in [0.15, 0.2) is 42.5 Å². The number of carbonyl (C=O) groups excluding carboxylic acids is 1. The third-order valence-electron chi connectivity index (χ3n) is 2.75. The average Bonchev–Trinajstić information content (AvgIpc) is 2.49. The van der Waals surface area contributed by atoms with Crippen LogP contribution in [0, 0.1) is 5.82 Å². The molecular weight excluding hydrogens is 333 g/mol. The second-order valence-corrected chi connectivity index (χ2v) is 4.84. The summed E-state index contributed by atoms with van der Waals surface area (Å²) in [7, 11) is 0. The number of hydrogen-bond donors (Lipinski definition) is 2. The highest BCUT2D eigenvalue weighted by atomic mass is 35.5. The maximum atomic E-state index is 13.5. The number of amides is 1. The van der Waals surface area contributed by atoms with Gasteiger partial charge < -0.3 is 15.4 Å². The fourth-order valence-corrected chi connectivity index (χ4v) is 1.95. The second kappa shape index (κ2) is 7.73. The van der Waals surface area contributed by atoms with E-state index in [1.165, 1.54) is 30.3 Å². The van der Waals surface area contributed by atoms with E-state index in [-0.39, 0.29) is 28.7 Å². The van der Waals surface area contributed by atoms with Gasteiger partial charge in [-0.15, -0.1) is 0 Å². The van der Waals surface area contributed by atoms with Gasteiger partial charge in [-0.3, -0.25) is 4.79 Å². The van der Waals surface area contributed by atoms with Crippen molar-refractivity contribution >= 4 is 28.9 Å². The van der Waals surface area contributed by atoms with Crippen LogP contribution in [0.2, 0.25) is 5.02 Å². The highest BCUT2D eigenvalue weighted by molar-refractivity contribution is 6.30. The molecule has 4 nitrogen and oxygen atoms in total. The molecule has 0 saturated heterocycles. The monoisotopic (exact) mass is 344 g/mol. The van der Waals surface area contributed by atoms with E-state index in [1.54, 1.807) is 6.07 Å². The Bertz CT molecular complexity index is 698. The number of alkyl halides is 2. The molecule has 2 N–H and O–H groups in total. The Balaban J connectivity index is 1.98. The van der Waals surface area contributed by atoms with Crippen molar-refractivity contribution in [1.29, 1.82) is 0 Å². The number of hydrogen-bond acceptors (Lipinski definition) is 3. The number of anilines is 2. The maximum absolute atomic E-state index is 13.5. The van der Waals surface area contributed by atoms with Gasteiger partial charge in [-0.1, -0.05) is 23.7 Å². The van der Waals surface area contributed by atoms with E-state index in [4.69, 9.17) is 11.6 Å². The predicted molar refractivity (Wildman–Crippen MR) is 81.6 cm³/mol. The Morgan fingerprint density at radius 3 is 2.65 bits per heavy atom. The number of carbonyl (C=O) groups is 1. The van der Waals surface area contributed by atoms with Crippen molar-refractivity contribution in [3.8, 4) is 5.75 Å². The van der Waals surface area contributed by atoms with Gasteiger partial charge in [-0.05, 0) is 30.3 Å². The van der Waals surface area contributed by atoms with Crippen molar-refractivity contribution in [2.45, 2.75) is 6.61 Å². The van der Waals surface area contributed by atoms with Crippen LogP contribution in [0.1, 0.15) is 0 Å². The molecule has 8 heteroatoms. The van der Waals surface area contributed by atoms with Crippen LogP contribution in [0.25, 0.3) is 0 Å². The van der Waals surface area contributed by atoms with Crippen LogP contribution in [-0.2, 0) is 4.79 Å². The SMILES string of the molecule is O=C(CNc1ccccc1OC(F)F)Nc1cc(Cl)ccc1F. The van der Waals surface area contributed by atoms with Gasteiger partial charge in [-0.25, -0.2) is 4.39 Å². The summed E-state index contributed by atoms with van der Waals surface area (Å²) in [6.45, 7) is -3.25. The molecule has 2 aromatic rings. The molecular formula is C15H12ClF3N2O2. The summed E-state index contributed by atoms with van der Waals surface area (Å²) < 4.78 is 42.4. The van der Waals surface area contributed by atoms with Gasteiger partial charge >= 0.3 is 6.61 Å². The van der Waals surface area contributed by atoms with E-state index in [0.717, 1.165) is 6.07 Å². The van der Waals surface area contributed by atoms with Crippen LogP contribution in [-0.4, -0.2) is 19.1 Å². The standard InChI is InChI=1S/C15H12ClF3N2O2/c16-9-5-6-10(17)12(7-9)21-14(22)8-20-11-3-1-2-4-13(11)23-15(18)19/h1-7,15,20H,8H2,(H,21,22). The number of nitrogens with one attached hydrogen (secondary N) is 2. The highest BCUT2D eigenvalue weighted by Gasteiger charge is 2.11. The quantitative estimate of drug-likeness (QED) is 0.828. The molecule has 2 rings (SSSR count). The fourth-order valence-electron chi connectivity index (χ4n) is 1.77. The Morgan fingerprint density at radius 2 is 1.91 bits per heavy atom. The molecule has 0 radical (unpaired) electrons. The molecule has 0 fully saturated rings. The number of benzene rings is 2. The van der Waals surface area contributed by atoms with Gasteiger partial charge in [0.05, 0.1) is 17.9 Å². The molecule has 0 saturated carbocycles. The zero-order valence-corrected chi connectivity index (χ0v) is 12.4. The van der Waals surface area contributed by atoms with Crippen LogP contribution in [0.3, 0.4) is 0 Å². The minimum atomic E-state index is -2.98. The first-order valence-electron chi connectivity index (χ1n) is 6.48. The molecule has 0 aromatic heterocycles. The summed E-state index contributed by atoms with van der Waals surface area (Å²) in [5.74, 6) is -1.30. The van der Waals surface area contributed by atoms with Crippen LogP contribution in [0.4, 0.5) is 24.5 Å². The van der Waals surface area contributed by atoms with Crippen molar-refractivity contribution in [1.82, 2.24) is 0 Å². The molecule has 0 heterocycles. The van der Waals surface area contributed by atoms with Gasteiger partial charge in [0, 0.05) is 5.02 Å². The Morgan fingerprint density at radius 1 is 1.17 bits per heavy atom. The van der Waals surface area contributed by atoms with E-state index >= 15 is 0 Å². The van der Waals surface area contributed by atoms with Gasteiger partial charge in [0.2, 0.25) is 5.91 Å². The third-order valence-corrected chi connectivity index (χ3v) is 2.98. The second-order valence-electron chi connectivity index (χ2n) is 4.40. The molecule has 2 aromatic carbocycles. The summed E-state index contributed by atoms with van der Waals surface area (Å²) in [6, 6.07) is 9.66. The highest BCUT2D eigenvalue weighted by Crippen LogP contribution is 2.25. The van der Waals surface area contributed by atoms with Crippen molar-refractivity contribution < 1.29 is 22.7 Å². The summed E-state index contributed by atoms with van der Waals surface area (Å²) in [5, 5.41) is 5.25. The molecule has 0 aliphatic carbocycles. The maximum Gasteiger partial charge on any atom is 0.387 e. The molecule has 0 unspecified atom stereocenters. The number of ether oxygens (including phenoxy) is 1. The minimum Gasteiger partial charge on any atom is -0.433 e. The third kappa shape index (κ3) is 5.07. The Hall–Kier alpha value is -2.41. The van der Waals surface area contributed by atoms with Gasteiger partial charge in [-0.2, -0.15) is 8.78 Å². The fraction of sp³-hybridized carbons (Fsp3) is 0.133. The summed E-state index contributed by atoms with van der Waals surface area (Å²) >= 11 is 5.72. The van der Waals surface area contributed by atoms with Crippen LogP contribution in [0.5, 0.6) is 5.75 Å². The van der Waals surface area contributed by atoms with E-state index in [0.29, 0.717) is 0 Å². The lowest BCUT2D eigenvalue weighted by molar-refractivity contribution is -0.114. The summed E-state index contributed by atoms with van der Waals surface area (Å²) in [5.41, 5.74) is 0.149. The Kier molecular flexibility index (Phi) is 5.70. The number of rotatable bonds is 6. The van der Waals surface area contributed by atoms with E-state index in [9.17, 15) is 18.0 Å². The van der Waals surface area contributed by atoms with Crippen molar-refractivity contribution in [3.63, 3.8) is 0 Å². The average molecular weight is 345 g/mol. The largest absolute Gasteiger partial charge is 0.433 e. The first-order valence-corrected chi connectivity index (χ1v) is 6.86. The van der Waals surface area contributed by atoms with E-state index in [2.05, 4.69) is 15.4 Å². The van der Waals surface area contributed by atoms with Crippen molar-refractivity contribution in [2.75, 3.05) is 17.2 Å². The lowest BCUT2D eigenvalue weighted by Crippen LogP contribution is -2.22. The molecule has 0 atom stereocenters. The first kappa shape index (κ1) is 17.0. The lowest BCUT2D eigenvalue weighted by atomic mass is 10.3. The molecule has 0 bridgehead atoms. The number of halogens is 4. The van der Waals surface area contributed by atoms with Gasteiger partial charge in [0.25, 0.3) is 0 Å². The smallest absolute Gasteiger partial charge is 0.387 e. The van der Waals surface area contributed by atoms with E-state index < -0.39 is 18.3 Å². The normalized spacial score (nSPS) is 10.5. The van der Waals surface area contributed by atoms with Crippen LogP contribution < -0.4 is 15.4 Å². The molecule has 0 aliphatic rings. The van der Waals surface area contributed by atoms with Crippen molar-refractivity contribution in [3.05, 3.63) is 53.3 Å². The summed E-state index contributed by atoms with van der Waals surface area (Å²) in [6.07, 6.45) is 0. The topological polar surface area (TPSA) is 50.4 Å². The molecule has 1 amide bonds.